The van der Waals surface area contributed by atoms with Crippen LogP contribution in [-0.4, -0.2) is 53.8 Å². The minimum absolute atomic E-state index is 0.0684. The normalized spacial score (nSPS) is 13.9. The summed E-state index contributed by atoms with van der Waals surface area (Å²) in [6.07, 6.45) is 2.83. The van der Waals surface area contributed by atoms with Crippen molar-refractivity contribution in [2.45, 2.75) is 50.6 Å². The molecule has 2 aromatic rings. The first-order valence-electron chi connectivity index (χ1n) is 11.6. The first-order valence-corrected chi connectivity index (χ1v) is 13.0. The first kappa shape index (κ1) is 25.6. The summed E-state index contributed by atoms with van der Waals surface area (Å²) in [5.41, 5.74) is 4.52. The second kappa shape index (κ2) is 12.5. The van der Waals surface area contributed by atoms with Gasteiger partial charge in [-0.3, -0.25) is 9.59 Å². The lowest BCUT2D eigenvalue weighted by Crippen LogP contribution is -2.50. The van der Waals surface area contributed by atoms with Crippen molar-refractivity contribution < 1.29 is 24.2 Å². The lowest BCUT2D eigenvalue weighted by molar-refractivity contribution is -0.137. The predicted molar refractivity (Wildman–Crippen MR) is 134 cm³/mol. The fourth-order valence-corrected chi connectivity index (χ4v) is 4.84. The highest BCUT2D eigenvalue weighted by Gasteiger charge is 2.30. The van der Waals surface area contributed by atoms with Crippen molar-refractivity contribution in [3.05, 3.63) is 59.7 Å². The molecule has 3 N–H and O–H groups in total. The molecule has 1 aliphatic rings. The van der Waals surface area contributed by atoms with Gasteiger partial charge in [-0.25, -0.2) is 4.79 Å². The van der Waals surface area contributed by atoms with E-state index in [-0.39, 0.29) is 24.9 Å². The quantitative estimate of drug-likeness (QED) is 0.412. The van der Waals surface area contributed by atoms with Crippen LogP contribution in [0.2, 0.25) is 0 Å². The standard InChI is InChI=1S/C26H32N2O5S/c1-3-8-17(15-24(29)30)27-25(31)23(13-14-34-2)28-26(32)33-16-22-20-11-6-4-9-18(20)19-10-5-7-12-21(19)22/h4-7,9-12,17,22-23H,3,8,13-16H2,1-2H3,(H,27,31)(H,28,32)(H,29,30)/t17-,23+/m1/s1. The highest BCUT2D eigenvalue weighted by Crippen LogP contribution is 2.44. The van der Waals surface area contributed by atoms with Gasteiger partial charge in [0.25, 0.3) is 0 Å². The van der Waals surface area contributed by atoms with Gasteiger partial charge >= 0.3 is 12.1 Å². The van der Waals surface area contributed by atoms with Crippen LogP contribution in [0.5, 0.6) is 0 Å². The summed E-state index contributed by atoms with van der Waals surface area (Å²) in [6, 6.07) is 14.9. The minimum Gasteiger partial charge on any atom is -0.481 e. The van der Waals surface area contributed by atoms with Crippen molar-refractivity contribution in [2.75, 3.05) is 18.6 Å². The van der Waals surface area contributed by atoms with Gasteiger partial charge in [-0.2, -0.15) is 11.8 Å². The number of amides is 2. The van der Waals surface area contributed by atoms with E-state index in [0.717, 1.165) is 28.7 Å². The molecule has 1 aliphatic carbocycles. The molecule has 3 rings (SSSR count). The van der Waals surface area contributed by atoms with Gasteiger partial charge < -0.3 is 20.5 Å². The molecule has 0 unspecified atom stereocenters. The van der Waals surface area contributed by atoms with Crippen molar-refractivity contribution in [3.8, 4) is 11.1 Å². The molecule has 8 heteroatoms. The summed E-state index contributed by atoms with van der Waals surface area (Å²) >= 11 is 1.57. The number of ether oxygens (including phenoxy) is 1. The van der Waals surface area contributed by atoms with E-state index in [1.54, 1.807) is 11.8 Å². The number of benzene rings is 2. The fourth-order valence-electron chi connectivity index (χ4n) is 4.37. The monoisotopic (exact) mass is 484 g/mol. The molecule has 0 aliphatic heterocycles. The topological polar surface area (TPSA) is 105 Å². The van der Waals surface area contributed by atoms with Crippen molar-refractivity contribution in [3.63, 3.8) is 0 Å². The summed E-state index contributed by atoms with van der Waals surface area (Å²) in [7, 11) is 0. The number of carboxylic acids is 1. The highest BCUT2D eigenvalue weighted by molar-refractivity contribution is 7.98. The van der Waals surface area contributed by atoms with E-state index in [4.69, 9.17) is 9.84 Å². The van der Waals surface area contributed by atoms with E-state index in [0.29, 0.717) is 18.6 Å². The van der Waals surface area contributed by atoms with Crippen LogP contribution in [0.25, 0.3) is 11.1 Å². The summed E-state index contributed by atoms with van der Waals surface area (Å²) < 4.78 is 5.59. The van der Waals surface area contributed by atoms with E-state index in [1.165, 1.54) is 0 Å². The third-order valence-corrected chi connectivity index (χ3v) is 6.61. The van der Waals surface area contributed by atoms with Gasteiger partial charge in [0, 0.05) is 12.0 Å². The van der Waals surface area contributed by atoms with Crippen LogP contribution in [0, 0.1) is 0 Å². The molecule has 2 aromatic carbocycles. The molecule has 0 fully saturated rings. The van der Waals surface area contributed by atoms with E-state index in [2.05, 4.69) is 22.8 Å². The highest BCUT2D eigenvalue weighted by atomic mass is 32.2. The Morgan fingerprint density at radius 2 is 1.62 bits per heavy atom. The third kappa shape index (κ3) is 6.53. The van der Waals surface area contributed by atoms with Crippen LogP contribution < -0.4 is 10.6 Å². The molecule has 34 heavy (non-hydrogen) atoms. The van der Waals surface area contributed by atoms with Crippen LogP contribution in [0.4, 0.5) is 4.79 Å². The number of aliphatic carboxylic acids is 1. The molecule has 2 atom stereocenters. The summed E-state index contributed by atoms with van der Waals surface area (Å²) in [5, 5.41) is 14.6. The molecule has 0 radical (unpaired) electrons. The van der Waals surface area contributed by atoms with Crippen LogP contribution >= 0.6 is 11.8 Å². The molecule has 0 spiro atoms. The Balaban J connectivity index is 1.64. The molecule has 182 valence electrons. The number of hydrogen-bond acceptors (Lipinski definition) is 5. The lowest BCUT2D eigenvalue weighted by atomic mass is 9.98. The van der Waals surface area contributed by atoms with Crippen LogP contribution in [0.3, 0.4) is 0 Å². The largest absolute Gasteiger partial charge is 0.481 e. The molecular formula is C26H32N2O5S. The lowest BCUT2D eigenvalue weighted by Gasteiger charge is -2.22. The number of carboxylic acid groups (broad SMARTS) is 1. The van der Waals surface area contributed by atoms with E-state index in [1.807, 2.05) is 49.6 Å². The maximum Gasteiger partial charge on any atom is 0.407 e. The van der Waals surface area contributed by atoms with E-state index >= 15 is 0 Å². The first-order chi connectivity index (χ1) is 16.4. The summed E-state index contributed by atoms with van der Waals surface area (Å²) in [5.74, 6) is -0.758. The number of carbonyl (C=O) groups is 3. The maximum atomic E-state index is 12.9. The Bertz CT molecular complexity index is 967. The zero-order valence-electron chi connectivity index (χ0n) is 19.6. The maximum absolute atomic E-state index is 12.9. The average molecular weight is 485 g/mol. The van der Waals surface area contributed by atoms with Crippen molar-refractivity contribution >= 4 is 29.7 Å². The van der Waals surface area contributed by atoms with Crippen molar-refractivity contribution in [2.24, 2.45) is 0 Å². The van der Waals surface area contributed by atoms with Gasteiger partial charge in [-0.15, -0.1) is 0 Å². The molecule has 2 amide bonds. The Morgan fingerprint density at radius 1 is 1.00 bits per heavy atom. The van der Waals surface area contributed by atoms with Gasteiger partial charge in [-0.05, 0) is 47.1 Å². The smallest absolute Gasteiger partial charge is 0.407 e. The Morgan fingerprint density at radius 3 is 2.18 bits per heavy atom. The van der Waals surface area contributed by atoms with Crippen molar-refractivity contribution in [1.82, 2.24) is 10.6 Å². The van der Waals surface area contributed by atoms with Gasteiger partial charge in [0.1, 0.15) is 12.6 Å². The van der Waals surface area contributed by atoms with Gasteiger partial charge in [0.05, 0.1) is 6.42 Å². The van der Waals surface area contributed by atoms with Gasteiger partial charge in [0.15, 0.2) is 0 Å². The molecule has 0 aromatic heterocycles. The average Bonchev–Trinajstić information content (AvgIpc) is 3.14. The SMILES string of the molecule is CCC[C@H](CC(=O)O)NC(=O)[C@H](CCSC)NC(=O)OCC1c2ccccc2-c2ccccc21. The minimum atomic E-state index is -0.969. The van der Waals surface area contributed by atoms with E-state index in [9.17, 15) is 14.4 Å². The predicted octanol–water partition coefficient (Wildman–Crippen LogP) is 4.41. The number of thioether (sulfide) groups is 1. The molecule has 0 bridgehead atoms. The number of nitrogens with one attached hydrogen (secondary N) is 2. The van der Waals surface area contributed by atoms with Crippen LogP contribution in [0.1, 0.15) is 49.7 Å². The molecule has 7 nitrogen and oxygen atoms in total. The number of rotatable bonds is 12. The fraction of sp³-hybridized carbons (Fsp3) is 0.423. The number of fused-ring (bicyclic) bond motifs is 3. The second-order valence-electron chi connectivity index (χ2n) is 8.40. The molecule has 0 saturated heterocycles. The summed E-state index contributed by atoms with van der Waals surface area (Å²) in [6.45, 7) is 2.09. The van der Waals surface area contributed by atoms with Crippen LogP contribution in [-0.2, 0) is 14.3 Å². The Hall–Kier alpha value is -3.00. The summed E-state index contributed by atoms with van der Waals surface area (Å²) in [4.78, 5) is 36.7. The molecular weight excluding hydrogens is 452 g/mol. The van der Waals surface area contributed by atoms with Gasteiger partial charge in [-0.1, -0.05) is 61.9 Å². The van der Waals surface area contributed by atoms with Crippen molar-refractivity contribution in [1.29, 1.82) is 0 Å². The number of hydrogen-bond donors (Lipinski definition) is 3. The molecule has 0 saturated carbocycles. The number of carbonyl (C=O) groups excluding carboxylic acids is 2. The third-order valence-electron chi connectivity index (χ3n) is 5.97. The zero-order chi connectivity index (χ0) is 24.5. The Labute approximate surface area is 204 Å². The second-order valence-corrected chi connectivity index (χ2v) is 9.38. The Kier molecular flexibility index (Phi) is 9.39. The van der Waals surface area contributed by atoms with E-state index < -0.39 is 24.1 Å². The molecule has 0 heterocycles. The number of alkyl carbamates (subject to hydrolysis) is 1. The van der Waals surface area contributed by atoms with Crippen LogP contribution in [0.15, 0.2) is 48.5 Å². The van der Waals surface area contributed by atoms with Gasteiger partial charge in [0.2, 0.25) is 5.91 Å². The zero-order valence-corrected chi connectivity index (χ0v) is 20.4.